The number of carbonyl (C=O) groups is 1. The van der Waals surface area contributed by atoms with Crippen LogP contribution in [0.1, 0.15) is 36.1 Å². The second-order valence-electron chi connectivity index (χ2n) is 5.25. The van der Waals surface area contributed by atoms with E-state index in [4.69, 9.17) is 15.4 Å². The zero-order valence-corrected chi connectivity index (χ0v) is 11.2. The highest BCUT2D eigenvalue weighted by Crippen LogP contribution is 2.31. The minimum atomic E-state index is -0.343. The summed E-state index contributed by atoms with van der Waals surface area (Å²) in [4.78, 5) is 13.9. The highest BCUT2D eigenvalue weighted by Gasteiger charge is 2.36. The first-order valence-corrected chi connectivity index (χ1v) is 6.30. The van der Waals surface area contributed by atoms with Crippen molar-refractivity contribution in [2.75, 3.05) is 13.1 Å². The van der Waals surface area contributed by atoms with Gasteiger partial charge in [0.15, 0.2) is 5.76 Å². The lowest BCUT2D eigenvalue weighted by atomic mass is 9.79. The van der Waals surface area contributed by atoms with Crippen molar-refractivity contribution in [2.24, 2.45) is 16.3 Å². The first kappa shape index (κ1) is 13.5. The zero-order chi connectivity index (χ0) is 14.0. The fourth-order valence-corrected chi connectivity index (χ4v) is 2.29. The van der Waals surface area contributed by atoms with Gasteiger partial charge in [-0.2, -0.15) is 0 Å². The van der Waals surface area contributed by atoms with E-state index in [9.17, 15) is 4.79 Å². The normalized spacial score (nSPS) is 19.5. The Morgan fingerprint density at radius 3 is 2.58 bits per heavy atom. The molecular formula is C13H19N3O3. The first-order valence-electron chi connectivity index (χ1n) is 6.30. The van der Waals surface area contributed by atoms with Crippen LogP contribution in [0.25, 0.3) is 0 Å². The van der Waals surface area contributed by atoms with Crippen molar-refractivity contribution in [3.63, 3.8) is 0 Å². The number of rotatable bonds is 2. The maximum Gasteiger partial charge on any atom is 0.289 e. The van der Waals surface area contributed by atoms with Crippen LogP contribution in [0.15, 0.2) is 21.7 Å². The van der Waals surface area contributed by atoms with Crippen LogP contribution in [0.4, 0.5) is 0 Å². The highest BCUT2D eigenvalue weighted by atomic mass is 16.4. The second-order valence-corrected chi connectivity index (χ2v) is 5.25. The van der Waals surface area contributed by atoms with E-state index >= 15 is 0 Å². The molecule has 0 aliphatic carbocycles. The highest BCUT2D eigenvalue weighted by molar-refractivity contribution is 5.92. The summed E-state index contributed by atoms with van der Waals surface area (Å²) < 4.78 is 5.34. The van der Waals surface area contributed by atoms with Gasteiger partial charge in [-0.15, -0.1) is 0 Å². The van der Waals surface area contributed by atoms with Crippen molar-refractivity contribution in [3.8, 4) is 0 Å². The van der Waals surface area contributed by atoms with Crippen molar-refractivity contribution < 1.29 is 14.4 Å². The summed E-state index contributed by atoms with van der Waals surface area (Å²) in [6.45, 7) is 4.90. The molecule has 0 aromatic carbocycles. The van der Waals surface area contributed by atoms with Crippen LogP contribution in [-0.4, -0.2) is 34.9 Å². The molecular weight excluding hydrogens is 246 g/mol. The Balaban J connectivity index is 2.02. The molecule has 1 aromatic rings. The zero-order valence-electron chi connectivity index (χ0n) is 11.2. The van der Waals surface area contributed by atoms with E-state index in [-0.39, 0.29) is 17.2 Å². The molecule has 19 heavy (non-hydrogen) atoms. The molecule has 2 heterocycles. The van der Waals surface area contributed by atoms with Gasteiger partial charge in [0, 0.05) is 18.5 Å². The molecule has 1 saturated heterocycles. The number of nitrogens with two attached hydrogens (primary N) is 1. The molecule has 0 radical (unpaired) electrons. The van der Waals surface area contributed by atoms with E-state index in [1.54, 1.807) is 17.0 Å². The number of oxime groups is 1. The molecule has 0 atom stereocenters. The number of piperidine rings is 1. The van der Waals surface area contributed by atoms with Crippen molar-refractivity contribution in [1.82, 2.24) is 4.90 Å². The Morgan fingerprint density at radius 2 is 2.11 bits per heavy atom. The van der Waals surface area contributed by atoms with Crippen LogP contribution in [0, 0.1) is 12.3 Å². The van der Waals surface area contributed by atoms with Crippen LogP contribution in [-0.2, 0) is 0 Å². The predicted octanol–water partition coefficient (Wildman–Crippen LogP) is 1.58. The molecule has 0 saturated carbocycles. The smallest absolute Gasteiger partial charge is 0.289 e. The van der Waals surface area contributed by atoms with Gasteiger partial charge in [0.25, 0.3) is 5.91 Å². The minimum Gasteiger partial charge on any atom is -0.456 e. The number of likely N-dealkylation sites (tertiary alicyclic amines) is 1. The van der Waals surface area contributed by atoms with E-state index in [1.165, 1.54) is 0 Å². The first-order chi connectivity index (χ1) is 8.96. The van der Waals surface area contributed by atoms with Crippen LogP contribution in [0.5, 0.6) is 0 Å². The van der Waals surface area contributed by atoms with Gasteiger partial charge in [-0.1, -0.05) is 12.1 Å². The Morgan fingerprint density at radius 1 is 1.47 bits per heavy atom. The van der Waals surface area contributed by atoms with Gasteiger partial charge < -0.3 is 20.3 Å². The Kier molecular flexibility index (Phi) is 3.50. The third-order valence-electron chi connectivity index (χ3n) is 3.83. The summed E-state index contributed by atoms with van der Waals surface area (Å²) in [6.07, 6.45) is 1.35. The average Bonchev–Trinajstić information content (AvgIpc) is 2.84. The van der Waals surface area contributed by atoms with E-state index in [0.29, 0.717) is 31.7 Å². The summed E-state index contributed by atoms with van der Waals surface area (Å²) >= 11 is 0. The Labute approximate surface area is 111 Å². The van der Waals surface area contributed by atoms with Gasteiger partial charge in [0.2, 0.25) is 0 Å². The van der Waals surface area contributed by atoms with Crippen molar-refractivity contribution in [1.29, 1.82) is 0 Å². The van der Waals surface area contributed by atoms with Crippen LogP contribution in [0.3, 0.4) is 0 Å². The molecule has 1 amide bonds. The van der Waals surface area contributed by atoms with Gasteiger partial charge >= 0.3 is 0 Å². The molecule has 1 aliphatic heterocycles. The van der Waals surface area contributed by atoms with Crippen LogP contribution < -0.4 is 5.73 Å². The van der Waals surface area contributed by atoms with Crippen LogP contribution in [0.2, 0.25) is 0 Å². The molecule has 1 fully saturated rings. The summed E-state index contributed by atoms with van der Waals surface area (Å²) in [7, 11) is 0. The Hall–Kier alpha value is -1.98. The standard InChI is InChI=1S/C13H19N3O3/c1-9-3-4-10(19-9)11(17)16-7-5-13(2,6-8-16)12(14)15-18/h3-4,18H,5-8H2,1-2H3,(H2,14,15). The van der Waals surface area contributed by atoms with Crippen molar-refractivity contribution in [3.05, 3.63) is 23.7 Å². The summed E-state index contributed by atoms with van der Waals surface area (Å²) in [5.74, 6) is 1.22. The lowest BCUT2D eigenvalue weighted by Crippen LogP contribution is -2.47. The van der Waals surface area contributed by atoms with Crippen molar-refractivity contribution in [2.45, 2.75) is 26.7 Å². The maximum absolute atomic E-state index is 12.2. The summed E-state index contributed by atoms with van der Waals surface area (Å²) in [6, 6.07) is 3.46. The fourth-order valence-electron chi connectivity index (χ4n) is 2.29. The van der Waals surface area contributed by atoms with Gasteiger partial charge in [0.05, 0.1) is 0 Å². The monoisotopic (exact) mass is 265 g/mol. The molecule has 1 aliphatic rings. The lowest BCUT2D eigenvalue weighted by molar-refractivity contribution is 0.0633. The minimum absolute atomic E-state index is 0.102. The Bertz CT molecular complexity index is 499. The lowest BCUT2D eigenvalue weighted by Gasteiger charge is -2.38. The quantitative estimate of drug-likeness (QED) is 0.367. The van der Waals surface area contributed by atoms with Gasteiger partial charge in [-0.05, 0) is 31.9 Å². The molecule has 6 heteroatoms. The SMILES string of the molecule is Cc1ccc(C(=O)N2CCC(C)(/C(N)=N/O)CC2)o1. The molecule has 104 valence electrons. The molecule has 6 nitrogen and oxygen atoms in total. The number of nitrogens with zero attached hydrogens (tertiary/aromatic N) is 2. The average molecular weight is 265 g/mol. The third kappa shape index (κ3) is 2.57. The van der Waals surface area contributed by atoms with Crippen molar-refractivity contribution >= 4 is 11.7 Å². The van der Waals surface area contributed by atoms with Gasteiger partial charge in [-0.25, -0.2) is 0 Å². The second kappa shape index (κ2) is 4.95. The molecule has 0 unspecified atom stereocenters. The number of carbonyl (C=O) groups excluding carboxylic acids is 1. The molecule has 0 spiro atoms. The third-order valence-corrected chi connectivity index (χ3v) is 3.83. The molecule has 0 bridgehead atoms. The number of hydrogen-bond donors (Lipinski definition) is 2. The molecule has 3 N–H and O–H groups in total. The van der Waals surface area contributed by atoms with E-state index in [2.05, 4.69) is 5.16 Å². The number of amides is 1. The topological polar surface area (TPSA) is 92.1 Å². The summed E-state index contributed by atoms with van der Waals surface area (Å²) in [5.41, 5.74) is 5.35. The fraction of sp³-hybridized carbons (Fsp3) is 0.538. The van der Waals surface area contributed by atoms with E-state index < -0.39 is 0 Å². The predicted molar refractivity (Wildman–Crippen MR) is 70.1 cm³/mol. The largest absolute Gasteiger partial charge is 0.456 e. The number of furan rings is 1. The van der Waals surface area contributed by atoms with E-state index in [1.807, 2.05) is 13.8 Å². The molecule has 1 aromatic heterocycles. The van der Waals surface area contributed by atoms with E-state index in [0.717, 1.165) is 5.76 Å². The number of hydrogen-bond acceptors (Lipinski definition) is 4. The maximum atomic E-state index is 12.2. The van der Waals surface area contributed by atoms with Crippen LogP contribution >= 0.6 is 0 Å². The molecule has 2 rings (SSSR count). The summed E-state index contributed by atoms with van der Waals surface area (Å²) in [5, 5.41) is 11.9. The van der Waals surface area contributed by atoms with Gasteiger partial charge in [0.1, 0.15) is 11.6 Å². The van der Waals surface area contributed by atoms with Gasteiger partial charge in [-0.3, -0.25) is 4.79 Å². The number of amidine groups is 1. The number of aryl methyl sites for hydroxylation is 1.